The first-order chi connectivity index (χ1) is 16.2. The van der Waals surface area contributed by atoms with Crippen molar-refractivity contribution in [3.8, 4) is 22.9 Å². The number of benzene rings is 2. The van der Waals surface area contributed by atoms with E-state index in [9.17, 15) is 22.9 Å². The molecule has 4 atom stereocenters. The van der Waals surface area contributed by atoms with Crippen molar-refractivity contribution in [2.45, 2.75) is 55.6 Å². The summed E-state index contributed by atoms with van der Waals surface area (Å²) in [6, 6.07) is 10.4. The summed E-state index contributed by atoms with van der Waals surface area (Å²) < 4.78 is 44.6. The molecule has 1 amide bonds. The maximum absolute atomic E-state index is 15.0. The van der Waals surface area contributed by atoms with E-state index < -0.39 is 21.7 Å². The lowest BCUT2D eigenvalue weighted by Gasteiger charge is -2.23. The molecule has 9 heteroatoms. The Morgan fingerprint density at radius 3 is 2.65 bits per heavy atom. The molecule has 2 aromatic rings. The first-order valence-corrected chi connectivity index (χ1v) is 13.3. The molecule has 7 nitrogen and oxygen atoms in total. The summed E-state index contributed by atoms with van der Waals surface area (Å²) in [5, 5.41) is 15.6. The van der Waals surface area contributed by atoms with Crippen molar-refractivity contribution in [1.29, 1.82) is 5.26 Å². The minimum absolute atomic E-state index is 0.0305. The van der Waals surface area contributed by atoms with Crippen molar-refractivity contribution < 1.29 is 22.3 Å². The Bertz CT molecular complexity index is 1240. The minimum Gasteiger partial charge on any atom is -0.494 e. The Morgan fingerprint density at radius 1 is 1.26 bits per heavy atom. The zero-order valence-electron chi connectivity index (χ0n) is 19.2. The number of nitriles is 1. The van der Waals surface area contributed by atoms with Crippen LogP contribution in [-0.4, -0.2) is 45.3 Å². The topological polar surface area (TPSA) is 108 Å². The molecule has 0 unspecified atom stereocenters. The molecule has 180 valence electrons. The van der Waals surface area contributed by atoms with Gasteiger partial charge in [-0.25, -0.2) is 12.8 Å². The van der Waals surface area contributed by atoms with E-state index in [0.717, 1.165) is 25.5 Å². The zero-order valence-corrected chi connectivity index (χ0v) is 20.0. The molecule has 1 aliphatic heterocycles. The van der Waals surface area contributed by atoms with Gasteiger partial charge in [0.25, 0.3) is 0 Å². The number of rotatable bonds is 8. The molecular formula is C25H28FN3O4S. The van der Waals surface area contributed by atoms with Crippen LogP contribution in [0.15, 0.2) is 41.3 Å². The zero-order chi connectivity index (χ0) is 24.5. The van der Waals surface area contributed by atoms with Crippen LogP contribution in [-0.2, 0) is 21.1 Å². The third kappa shape index (κ3) is 5.24. The highest BCUT2D eigenvalue weighted by Crippen LogP contribution is 2.35. The Balaban J connectivity index is 1.51. The van der Waals surface area contributed by atoms with Crippen LogP contribution in [0.2, 0.25) is 0 Å². The summed E-state index contributed by atoms with van der Waals surface area (Å²) in [4.78, 5) is 12.7. The molecule has 0 spiro atoms. The monoisotopic (exact) mass is 485 g/mol. The molecule has 1 heterocycles. The van der Waals surface area contributed by atoms with Gasteiger partial charge in [-0.3, -0.25) is 4.79 Å². The van der Waals surface area contributed by atoms with Crippen LogP contribution in [0.4, 0.5) is 4.39 Å². The van der Waals surface area contributed by atoms with Crippen LogP contribution in [0.1, 0.15) is 31.7 Å². The van der Waals surface area contributed by atoms with Gasteiger partial charge < -0.3 is 15.4 Å². The first-order valence-electron chi connectivity index (χ1n) is 11.4. The molecule has 2 fully saturated rings. The van der Waals surface area contributed by atoms with E-state index >= 15 is 0 Å². The predicted octanol–water partition coefficient (Wildman–Crippen LogP) is 2.99. The Labute approximate surface area is 199 Å². The molecule has 2 bridgehead atoms. The predicted molar refractivity (Wildman–Crippen MR) is 125 cm³/mol. The van der Waals surface area contributed by atoms with Crippen LogP contribution in [0, 0.1) is 23.1 Å². The highest BCUT2D eigenvalue weighted by atomic mass is 32.2. The second kappa shape index (κ2) is 9.72. The number of hydrogen-bond acceptors (Lipinski definition) is 6. The number of fused-ring (bicyclic) bond motifs is 2. The number of nitrogens with zero attached hydrogens (tertiary/aromatic N) is 1. The summed E-state index contributed by atoms with van der Waals surface area (Å²) in [5.74, 6) is -0.0689. The lowest BCUT2D eigenvalue weighted by atomic mass is 9.97. The summed E-state index contributed by atoms with van der Waals surface area (Å²) in [5.41, 5.74) is 1.28. The van der Waals surface area contributed by atoms with E-state index in [1.165, 1.54) is 18.2 Å². The molecular weight excluding hydrogens is 457 g/mol. The molecule has 1 aliphatic carbocycles. The molecule has 1 saturated carbocycles. The van der Waals surface area contributed by atoms with Gasteiger partial charge in [0.1, 0.15) is 17.6 Å². The Morgan fingerprint density at radius 2 is 2.06 bits per heavy atom. The summed E-state index contributed by atoms with van der Waals surface area (Å²) in [6.07, 6.45) is 4.20. The van der Waals surface area contributed by atoms with E-state index in [1.54, 1.807) is 25.1 Å². The van der Waals surface area contributed by atoms with Crippen molar-refractivity contribution in [3.05, 3.63) is 47.8 Å². The molecule has 2 aliphatic rings. The number of halogens is 1. The van der Waals surface area contributed by atoms with Gasteiger partial charge in [-0.15, -0.1) is 0 Å². The van der Waals surface area contributed by atoms with Crippen molar-refractivity contribution >= 4 is 15.7 Å². The van der Waals surface area contributed by atoms with Gasteiger partial charge in [0.2, 0.25) is 5.91 Å². The number of nitrogens with one attached hydrogen (secondary N) is 2. The molecule has 34 heavy (non-hydrogen) atoms. The van der Waals surface area contributed by atoms with Crippen LogP contribution >= 0.6 is 0 Å². The Kier molecular flexibility index (Phi) is 6.91. The van der Waals surface area contributed by atoms with E-state index in [4.69, 9.17) is 4.74 Å². The number of amides is 1. The molecule has 0 radical (unpaired) electrons. The fraction of sp³-hybridized carbons (Fsp3) is 0.440. The smallest absolute Gasteiger partial charge is 0.238 e. The summed E-state index contributed by atoms with van der Waals surface area (Å²) in [6.45, 7) is 2.15. The van der Waals surface area contributed by atoms with E-state index in [2.05, 4.69) is 16.7 Å². The highest BCUT2D eigenvalue weighted by Gasteiger charge is 2.43. The Hall–Kier alpha value is -2.96. The average molecular weight is 486 g/mol. The van der Waals surface area contributed by atoms with Crippen molar-refractivity contribution in [2.75, 3.05) is 12.9 Å². The van der Waals surface area contributed by atoms with Crippen molar-refractivity contribution in [3.63, 3.8) is 0 Å². The van der Waals surface area contributed by atoms with Crippen LogP contribution < -0.4 is 15.4 Å². The number of sulfone groups is 1. The number of hydrogen-bond donors (Lipinski definition) is 2. The number of piperidine rings is 1. The van der Waals surface area contributed by atoms with E-state index in [-0.39, 0.29) is 23.3 Å². The fourth-order valence-corrected chi connectivity index (χ4v) is 5.53. The maximum Gasteiger partial charge on any atom is 0.238 e. The summed E-state index contributed by atoms with van der Waals surface area (Å²) >= 11 is 0. The molecule has 4 rings (SSSR count). The third-order valence-electron chi connectivity index (χ3n) is 6.54. The summed E-state index contributed by atoms with van der Waals surface area (Å²) in [7, 11) is -3.49. The van der Waals surface area contributed by atoms with Gasteiger partial charge in [0.15, 0.2) is 9.84 Å². The maximum atomic E-state index is 15.0. The molecule has 2 N–H and O–H groups in total. The molecule has 1 saturated heterocycles. The van der Waals surface area contributed by atoms with Crippen molar-refractivity contribution in [2.24, 2.45) is 5.92 Å². The van der Waals surface area contributed by atoms with Gasteiger partial charge in [-0.05, 0) is 73.1 Å². The fourth-order valence-electron chi connectivity index (χ4n) is 4.86. The average Bonchev–Trinajstić information content (AvgIpc) is 3.43. The second-order valence-corrected chi connectivity index (χ2v) is 11.0. The highest BCUT2D eigenvalue weighted by molar-refractivity contribution is 7.90. The normalized spacial score (nSPS) is 22.2. The van der Waals surface area contributed by atoms with E-state index in [0.29, 0.717) is 41.0 Å². The molecule has 0 aromatic heterocycles. The lowest BCUT2D eigenvalue weighted by molar-refractivity contribution is -0.124. The second-order valence-electron chi connectivity index (χ2n) is 9.01. The molecule has 2 aromatic carbocycles. The van der Waals surface area contributed by atoms with E-state index in [1.807, 2.05) is 0 Å². The number of carbonyl (C=O) groups is 1. The van der Waals surface area contributed by atoms with Gasteiger partial charge >= 0.3 is 0 Å². The van der Waals surface area contributed by atoms with Gasteiger partial charge in [-0.2, -0.15) is 5.26 Å². The van der Waals surface area contributed by atoms with Crippen LogP contribution in [0.3, 0.4) is 0 Å². The largest absolute Gasteiger partial charge is 0.494 e. The van der Waals surface area contributed by atoms with Crippen LogP contribution in [0.25, 0.3) is 11.1 Å². The quantitative estimate of drug-likeness (QED) is 0.595. The third-order valence-corrected chi connectivity index (χ3v) is 7.64. The van der Waals surface area contributed by atoms with Gasteiger partial charge in [0, 0.05) is 18.7 Å². The van der Waals surface area contributed by atoms with Crippen LogP contribution in [0.5, 0.6) is 5.75 Å². The number of ether oxygens (including phenoxy) is 1. The SMILES string of the molecule is CCOc1cc(-c2ccc(C[C@@H](C#N)NC(=O)[C@H]3N[C@@H]4CC[C@H]3C4)c(F)c2)cc(S(C)(=O)=O)c1. The standard InChI is InChI=1S/C25H28FN3O4S/c1-3-33-21-10-18(11-22(13-21)34(2,31)32)15-4-5-16(23(26)12-15)8-20(14-27)29-25(30)24-17-6-7-19(9-17)28-24/h4-5,10-13,17,19-20,24,28H,3,6-9H2,1-2H3,(H,29,30)/t17-,19+,20-,24-/m0/s1. The minimum atomic E-state index is -3.49. The first kappa shape index (κ1) is 24.2. The lowest BCUT2D eigenvalue weighted by Crippen LogP contribution is -2.50. The van der Waals surface area contributed by atoms with Crippen molar-refractivity contribution in [1.82, 2.24) is 10.6 Å². The number of carbonyl (C=O) groups excluding carboxylic acids is 1. The van der Waals surface area contributed by atoms with Gasteiger partial charge in [-0.1, -0.05) is 12.1 Å². The van der Waals surface area contributed by atoms with Gasteiger partial charge in [0.05, 0.1) is 23.6 Å².